The van der Waals surface area contributed by atoms with Crippen LogP contribution < -0.4 is 0 Å². The maximum atomic E-state index is 13.0. The average molecular weight is 337 g/mol. The molecule has 2 aromatic rings. The van der Waals surface area contributed by atoms with E-state index < -0.39 is 21.4 Å². The maximum absolute atomic E-state index is 13.0. The molecule has 0 spiro atoms. The number of hydrogen-bond donors (Lipinski definition) is 0. The summed E-state index contributed by atoms with van der Waals surface area (Å²) in [6.07, 6.45) is 0. The molecule has 0 aliphatic carbocycles. The van der Waals surface area contributed by atoms with Gasteiger partial charge in [0, 0.05) is 17.7 Å². The number of benzene rings is 2. The van der Waals surface area contributed by atoms with Gasteiger partial charge in [-0.15, -0.1) is 11.8 Å². The molecule has 0 radical (unpaired) electrons. The molecule has 1 heterocycles. The first-order valence-electron chi connectivity index (χ1n) is 6.75. The zero-order valence-corrected chi connectivity index (χ0v) is 13.6. The zero-order chi connectivity index (χ0) is 15.7. The predicted octanol–water partition coefficient (Wildman–Crippen LogP) is 2.08. The first kappa shape index (κ1) is 15.3. The monoisotopic (exact) mass is 337 g/mol. The Morgan fingerprint density at radius 1 is 1.23 bits per heavy atom. The minimum atomic E-state index is -3.76. The van der Waals surface area contributed by atoms with Crippen LogP contribution in [0.15, 0.2) is 47.4 Å². The Morgan fingerprint density at radius 2 is 1.95 bits per heavy atom. The van der Waals surface area contributed by atoms with Gasteiger partial charge in [-0.1, -0.05) is 36.4 Å². The molecule has 116 valence electrons. The lowest BCUT2D eigenvalue weighted by molar-refractivity contribution is -0.141. The van der Waals surface area contributed by atoms with E-state index >= 15 is 0 Å². The van der Waals surface area contributed by atoms with E-state index in [1.807, 2.05) is 18.2 Å². The Morgan fingerprint density at radius 3 is 2.73 bits per heavy atom. The highest BCUT2D eigenvalue weighted by molar-refractivity contribution is 8.02. The second kappa shape index (κ2) is 5.91. The van der Waals surface area contributed by atoms with Gasteiger partial charge in [0.05, 0.1) is 12.0 Å². The molecule has 2 aromatic carbocycles. The molecule has 1 aliphatic heterocycles. The van der Waals surface area contributed by atoms with Crippen molar-refractivity contribution in [3.63, 3.8) is 0 Å². The third kappa shape index (κ3) is 2.49. The number of esters is 1. The summed E-state index contributed by atoms with van der Waals surface area (Å²) in [5.74, 6) is 0.0374. The number of ether oxygens (including phenoxy) is 1. The third-order valence-corrected chi connectivity index (χ3v) is 6.83. The van der Waals surface area contributed by atoms with Crippen LogP contribution in [-0.4, -0.2) is 43.5 Å². The van der Waals surface area contributed by atoms with Gasteiger partial charge in [-0.05, 0) is 11.5 Å². The number of sulfonamides is 1. The summed E-state index contributed by atoms with van der Waals surface area (Å²) < 4.78 is 31.9. The summed E-state index contributed by atoms with van der Waals surface area (Å²) in [5.41, 5.74) is 0. The summed E-state index contributed by atoms with van der Waals surface area (Å²) in [5, 5.41) is 0.699. The van der Waals surface area contributed by atoms with E-state index in [-0.39, 0.29) is 4.90 Å². The number of methoxy groups -OCH3 is 1. The van der Waals surface area contributed by atoms with E-state index in [4.69, 9.17) is 4.74 Å². The van der Waals surface area contributed by atoms with Crippen LogP contribution in [0.4, 0.5) is 0 Å². The van der Waals surface area contributed by atoms with Gasteiger partial charge in [-0.2, -0.15) is 4.31 Å². The Hall–Kier alpha value is -1.57. The molecule has 0 saturated carbocycles. The summed E-state index contributed by atoms with van der Waals surface area (Å²) in [4.78, 5) is 12.0. The molecule has 1 atom stereocenters. The fourth-order valence-electron chi connectivity index (χ4n) is 2.53. The molecule has 0 aromatic heterocycles. The molecular formula is C15H15NO4S2. The highest BCUT2D eigenvalue weighted by atomic mass is 32.2. The lowest BCUT2D eigenvalue weighted by atomic mass is 10.1. The van der Waals surface area contributed by atoms with Crippen molar-refractivity contribution in [1.82, 2.24) is 4.31 Å². The Kier molecular flexibility index (Phi) is 4.12. The summed E-state index contributed by atoms with van der Waals surface area (Å²) in [7, 11) is -2.49. The summed E-state index contributed by atoms with van der Waals surface area (Å²) >= 11 is 1.28. The van der Waals surface area contributed by atoms with Crippen LogP contribution in [-0.2, 0) is 19.6 Å². The standard InChI is InChI=1S/C15H15NO4S2/c1-20-15(17)14-16(9-10-21-14)22(18,19)13-8-4-6-11-5-2-3-7-12(11)13/h2-8,14H,9-10H2,1H3. The van der Waals surface area contributed by atoms with Crippen molar-refractivity contribution in [2.24, 2.45) is 0 Å². The molecule has 1 fully saturated rings. The number of carbonyl (C=O) groups excluding carboxylic acids is 1. The van der Waals surface area contributed by atoms with E-state index in [1.54, 1.807) is 24.3 Å². The smallest absolute Gasteiger partial charge is 0.334 e. The van der Waals surface area contributed by atoms with Crippen molar-refractivity contribution in [1.29, 1.82) is 0 Å². The molecular weight excluding hydrogens is 322 g/mol. The van der Waals surface area contributed by atoms with Crippen molar-refractivity contribution < 1.29 is 17.9 Å². The average Bonchev–Trinajstić information content (AvgIpc) is 3.04. The lowest BCUT2D eigenvalue weighted by Gasteiger charge is -2.22. The number of nitrogens with zero attached hydrogens (tertiary/aromatic N) is 1. The Labute approximate surface area is 133 Å². The number of hydrogen-bond acceptors (Lipinski definition) is 5. The molecule has 22 heavy (non-hydrogen) atoms. The predicted molar refractivity (Wildman–Crippen MR) is 86.1 cm³/mol. The fraction of sp³-hybridized carbons (Fsp3) is 0.267. The van der Waals surface area contributed by atoms with E-state index in [2.05, 4.69) is 0 Å². The van der Waals surface area contributed by atoms with Crippen LogP contribution >= 0.6 is 11.8 Å². The molecule has 0 amide bonds. The van der Waals surface area contributed by atoms with Gasteiger partial charge in [-0.25, -0.2) is 13.2 Å². The van der Waals surface area contributed by atoms with Gasteiger partial charge in [0.25, 0.3) is 0 Å². The van der Waals surface area contributed by atoms with Crippen LogP contribution in [0.5, 0.6) is 0 Å². The topological polar surface area (TPSA) is 63.7 Å². The van der Waals surface area contributed by atoms with E-state index in [0.717, 1.165) is 5.39 Å². The SMILES string of the molecule is COC(=O)C1SCCN1S(=O)(=O)c1cccc2ccccc12. The highest BCUT2D eigenvalue weighted by Gasteiger charge is 2.41. The summed E-state index contributed by atoms with van der Waals surface area (Å²) in [6, 6.07) is 12.5. The van der Waals surface area contributed by atoms with E-state index in [1.165, 1.54) is 23.2 Å². The largest absolute Gasteiger partial charge is 0.467 e. The molecule has 1 saturated heterocycles. The van der Waals surface area contributed by atoms with Crippen molar-refractivity contribution in [2.75, 3.05) is 19.4 Å². The quantitative estimate of drug-likeness (QED) is 0.803. The Balaban J connectivity index is 2.11. The first-order valence-corrected chi connectivity index (χ1v) is 9.23. The van der Waals surface area contributed by atoms with Gasteiger partial charge >= 0.3 is 5.97 Å². The molecule has 5 nitrogen and oxygen atoms in total. The zero-order valence-electron chi connectivity index (χ0n) is 11.9. The minimum Gasteiger partial charge on any atom is -0.467 e. The van der Waals surface area contributed by atoms with Crippen LogP contribution in [0.3, 0.4) is 0 Å². The van der Waals surface area contributed by atoms with Gasteiger partial charge in [0.2, 0.25) is 10.0 Å². The fourth-order valence-corrected chi connectivity index (χ4v) is 5.84. The van der Waals surface area contributed by atoms with Crippen molar-refractivity contribution in [3.8, 4) is 0 Å². The van der Waals surface area contributed by atoms with Gasteiger partial charge in [0.15, 0.2) is 5.37 Å². The molecule has 7 heteroatoms. The molecule has 0 N–H and O–H groups in total. The van der Waals surface area contributed by atoms with Crippen molar-refractivity contribution in [2.45, 2.75) is 10.3 Å². The number of fused-ring (bicyclic) bond motifs is 1. The number of thioether (sulfide) groups is 1. The van der Waals surface area contributed by atoms with Crippen molar-refractivity contribution >= 4 is 38.5 Å². The van der Waals surface area contributed by atoms with Gasteiger partial charge in [0.1, 0.15) is 0 Å². The number of rotatable bonds is 3. The second-order valence-corrected chi connectivity index (χ2v) is 7.89. The lowest BCUT2D eigenvalue weighted by Crippen LogP contribution is -2.40. The second-order valence-electron chi connectivity index (χ2n) is 4.84. The highest BCUT2D eigenvalue weighted by Crippen LogP contribution is 2.33. The molecule has 3 rings (SSSR count). The van der Waals surface area contributed by atoms with Gasteiger partial charge < -0.3 is 4.74 Å². The van der Waals surface area contributed by atoms with E-state index in [9.17, 15) is 13.2 Å². The Bertz CT molecular complexity index is 814. The molecule has 0 bridgehead atoms. The first-order chi connectivity index (χ1) is 10.6. The minimum absolute atomic E-state index is 0.224. The van der Waals surface area contributed by atoms with Crippen LogP contribution in [0.25, 0.3) is 10.8 Å². The number of carbonyl (C=O) groups is 1. The van der Waals surface area contributed by atoms with Crippen LogP contribution in [0.2, 0.25) is 0 Å². The molecule has 1 aliphatic rings. The molecule has 1 unspecified atom stereocenters. The maximum Gasteiger partial charge on any atom is 0.334 e. The normalized spacial score (nSPS) is 19.4. The van der Waals surface area contributed by atoms with E-state index in [0.29, 0.717) is 17.7 Å². The van der Waals surface area contributed by atoms with Crippen LogP contribution in [0.1, 0.15) is 0 Å². The van der Waals surface area contributed by atoms with Gasteiger partial charge in [-0.3, -0.25) is 0 Å². The summed E-state index contributed by atoms with van der Waals surface area (Å²) in [6.45, 7) is 0.302. The third-order valence-electron chi connectivity index (χ3n) is 3.59. The van der Waals surface area contributed by atoms with Crippen LogP contribution in [0, 0.1) is 0 Å². The van der Waals surface area contributed by atoms with Crippen molar-refractivity contribution in [3.05, 3.63) is 42.5 Å².